The summed E-state index contributed by atoms with van der Waals surface area (Å²) in [6.45, 7) is 3.27. The van der Waals surface area contributed by atoms with Gasteiger partial charge in [0.05, 0.1) is 16.9 Å². The highest BCUT2D eigenvalue weighted by Gasteiger charge is 2.31. The lowest BCUT2D eigenvalue weighted by atomic mass is 9.94. The van der Waals surface area contributed by atoms with E-state index in [-0.39, 0.29) is 16.8 Å². The van der Waals surface area contributed by atoms with Crippen LogP contribution in [0, 0.1) is 36.0 Å². The number of nitrogens with two attached hydrogens (primary N) is 1. The van der Waals surface area contributed by atoms with Gasteiger partial charge in [-0.2, -0.15) is 5.26 Å². The van der Waals surface area contributed by atoms with Crippen molar-refractivity contribution < 1.29 is 22.3 Å². The molecule has 8 heteroatoms. The summed E-state index contributed by atoms with van der Waals surface area (Å²) in [5.41, 5.74) is 7.50. The van der Waals surface area contributed by atoms with Crippen LogP contribution in [-0.2, 0) is 0 Å². The highest BCUT2D eigenvalue weighted by molar-refractivity contribution is 5.85. The Hall–Kier alpha value is -3.39. The Balaban J connectivity index is 2.66. The van der Waals surface area contributed by atoms with Crippen LogP contribution in [0.4, 0.5) is 28.9 Å². The third kappa shape index (κ3) is 4.24. The van der Waals surface area contributed by atoms with Gasteiger partial charge in [-0.25, -0.2) is 4.39 Å². The molecule has 0 heterocycles. The van der Waals surface area contributed by atoms with Crippen LogP contribution in [0.15, 0.2) is 24.3 Å². The van der Waals surface area contributed by atoms with Gasteiger partial charge in [0.15, 0.2) is 0 Å². The van der Waals surface area contributed by atoms with Crippen LogP contribution in [0.1, 0.15) is 18.1 Å². The van der Waals surface area contributed by atoms with Gasteiger partial charge in [0.25, 0.3) is 0 Å². The van der Waals surface area contributed by atoms with E-state index >= 15 is 0 Å². The van der Waals surface area contributed by atoms with Gasteiger partial charge in [-0.15, -0.1) is 13.2 Å². The number of nitrogens with zero attached hydrogens (tertiary/aromatic N) is 2. The molecule has 2 aromatic rings. The van der Waals surface area contributed by atoms with Gasteiger partial charge in [0, 0.05) is 24.7 Å². The van der Waals surface area contributed by atoms with Gasteiger partial charge < -0.3 is 15.4 Å². The van der Waals surface area contributed by atoms with Gasteiger partial charge in [-0.1, -0.05) is 5.92 Å². The normalized spacial score (nSPS) is 10.6. The Morgan fingerprint density at radius 1 is 1.19 bits per heavy atom. The number of rotatable bonds is 3. The Morgan fingerprint density at radius 3 is 2.37 bits per heavy atom. The molecule has 27 heavy (non-hydrogen) atoms. The first-order valence-corrected chi connectivity index (χ1v) is 7.64. The first-order valence-electron chi connectivity index (χ1n) is 7.64. The molecule has 0 aliphatic carbocycles. The second kappa shape index (κ2) is 7.46. The predicted octanol–water partition coefficient (Wildman–Crippen LogP) is 4.57. The van der Waals surface area contributed by atoms with E-state index in [1.54, 1.807) is 20.9 Å². The highest BCUT2D eigenvalue weighted by Crippen LogP contribution is 2.38. The van der Waals surface area contributed by atoms with E-state index in [4.69, 9.17) is 5.73 Å². The fourth-order valence-electron chi connectivity index (χ4n) is 2.74. The number of ether oxygens (including phenoxy) is 1. The van der Waals surface area contributed by atoms with Crippen molar-refractivity contribution in [1.29, 1.82) is 5.26 Å². The molecule has 0 spiro atoms. The van der Waals surface area contributed by atoms with Gasteiger partial charge in [0.2, 0.25) is 0 Å². The van der Waals surface area contributed by atoms with Crippen molar-refractivity contribution >= 4 is 11.4 Å². The molecule has 2 N–H and O–H groups in total. The number of anilines is 2. The molecule has 2 rings (SSSR count). The number of halogens is 4. The average molecular weight is 377 g/mol. The SMILES string of the molecule is CC#CN(C)c1c(C)c(-c2ccc(OC(F)(F)F)cc2F)cc(N)c1C#N. The number of hydrogen-bond donors (Lipinski definition) is 1. The zero-order chi connectivity index (χ0) is 20.4. The summed E-state index contributed by atoms with van der Waals surface area (Å²) < 4.78 is 55.1. The molecule has 0 aliphatic rings. The van der Waals surface area contributed by atoms with E-state index in [1.807, 2.05) is 6.07 Å². The van der Waals surface area contributed by atoms with E-state index in [0.29, 0.717) is 22.9 Å². The average Bonchev–Trinajstić information content (AvgIpc) is 2.55. The lowest BCUT2D eigenvalue weighted by molar-refractivity contribution is -0.274. The van der Waals surface area contributed by atoms with E-state index in [1.165, 1.54) is 17.0 Å². The fraction of sp³-hybridized carbons (Fsp3) is 0.211. The van der Waals surface area contributed by atoms with Gasteiger partial charge in [-0.3, -0.25) is 0 Å². The zero-order valence-electron chi connectivity index (χ0n) is 14.7. The lowest BCUT2D eigenvalue weighted by Gasteiger charge is -2.21. The summed E-state index contributed by atoms with van der Waals surface area (Å²) in [4.78, 5) is 1.49. The molecule has 0 fully saturated rings. The molecule has 0 aromatic heterocycles. The van der Waals surface area contributed by atoms with E-state index in [2.05, 4.69) is 16.7 Å². The molecule has 2 aromatic carbocycles. The van der Waals surface area contributed by atoms with Crippen LogP contribution < -0.4 is 15.4 Å². The summed E-state index contributed by atoms with van der Waals surface area (Å²) in [5.74, 6) is 1.11. The van der Waals surface area contributed by atoms with Crippen molar-refractivity contribution in [3.63, 3.8) is 0 Å². The maximum atomic E-state index is 14.5. The summed E-state index contributed by atoms with van der Waals surface area (Å²) in [6, 6.07) is 9.00. The van der Waals surface area contributed by atoms with Crippen LogP contribution in [0.2, 0.25) is 0 Å². The number of benzene rings is 2. The first kappa shape index (κ1) is 19.9. The molecule has 4 nitrogen and oxygen atoms in total. The fourth-order valence-corrected chi connectivity index (χ4v) is 2.74. The van der Waals surface area contributed by atoms with Gasteiger partial charge >= 0.3 is 6.36 Å². The van der Waals surface area contributed by atoms with Crippen molar-refractivity contribution in [3.8, 4) is 34.9 Å². The minimum atomic E-state index is -4.92. The summed E-state index contributed by atoms with van der Waals surface area (Å²) >= 11 is 0. The third-order valence-corrected chi connectivity index (χ3v) is 3.78. The molecule has 0 saturated heterocycles. The third-order valence-electron chi connectivity index (χ3n) is 3.78. The van der Waals surface area contributed by atoms with Crippen molar-refractivity contribution in [2.45, 2.75) is 20.2 Å². The van der Waals surface area contributed by atoms with Crippen LogP contribution in [0.3, 0.4) is 0 Å². The maximum absolute atomic E-state index is 14.5. The number of nitriles is 1. The van der Waals surface area contributed by atoms with Crippen molar-refractivity contribution in [2.75, 3.05) is 17.7 Å². The molecule has 0 unspecified atom stereocenters. The van der Waals surface area contributed by atoms with E-state index in [0.717, 1.165) is 6.07 Å². The molecular formula is C19H15F4N3O. The largest absolute Gasteiger partial charge is 0.573 e. The number of alkyl halides is 3. The van der Waals surface area contributed by atoms with Crippen LogP contribution in [-0.4, -0.2) is 13.4 Å². The minimum Gasteiger partial charge on any atom is -0.406 e. The molecule has 0 saturated carbocycles. The molecule has 0 bridgehead atoms. The quantitative estimate of drug-likeness (QED) is 0.368. The second-order valence-electron chi connectivity index (χ2n) is 5.58. The Labute approximate surface area is 153 Å². The van der Waals surface area contributed by atoms with Crippen LogP contribution in [0.25, 0.3) is 11.1 Å². The minimum absolute atomic E-state index is 0.0253. The standard InChI is InChI=1S/C19H15F4N3O/c1-4-7-26(3)18-11(2)14(9-17(25)15(18)10-24)13-6-5-12(8-16(13)20)27-19(21,22)23/h5-6,8-9H,25H2,1-3H3. The Kier molecular flexibility index (Phi) is 5.51. The topological polar surface area (TPSA) is 62.3 Å². The lowest BCUT2D eigenvalue weighted by Crippen LogP contribution is -2.17. The monoisotopic (exact) mass is 377 g/mol. The molecule has 0 radical (unpaired) electrons. The second-order valence-corrected chi connectivity index (χ2v) is 5.58. The molecule has 140 valence electrons. The van der Waals surface area contributed by atoms with Crippen molar-refractivity contribution in [1.82, 2.24) is 0 Å². The molecular weight excluding hydrogens is 362 g/mol. The van der Waals surface area contributed by atoms with E-state index < -0.39 is 17.9 Å². The Morgan fingerprint density at radius 2 is 1.85 bits per heavy atom. The Bertz CT molecular complexity index is 982. The number of nitrogen functional groups attached to an aromatic ring is 1. The van der Waals surface area contributed by atoms with Gasteiger partial charge in [-0.05, 0) is 43.2 Å². The summed E-state index contributed by atoms with van der Waals surface area (Å²) in [7, 11) is 1.62. The van der Waals surface area contributed by atoms with Crippen molar-refractivity contribution in [3.05, 3.63) is 41.2 Å². The zero-order valence-corrected chi connectivity index (χ0v) is 14.7. The van der Waals surface area contributed by atoms with E-state index in [9.17, 15) is 22.8 Å². The first-order chi connectivity index (χ1) is 12.6. The molecule has 0 amide bonds. The van der Waals surface area contributed by atoms with Crippen LogP contribution in [0.5, 0.6) is 5.75 Å². The smallest absolute Gasteiger partial charge is 0.406 e. The summed E-state index contributed by atoms with van der Waals surface area (Å²) in [6.07, 6.45) is -4.92. The summed E-state index contributed by atoms with van der Waals surface area (Å²) in [5, 5.41) is 9.40. The van der Waals surface area contributed by atoms with Crippen LogP contribution >= 0.6 is 0 Å². The molecule has 0 aliphatic heterocycles. The highest BCUT2D eigenvalue weighted by atomic mass is 19.4. The van der Waals surface area contributed by atoms with Crippen molar-refractivity contribution in [2.24, 2.45) is 0 Å². The number of hydrogen-bond acceptors (Lipinski definition) is 4. The van der Waals surface area contributed by atoms with Gasteiger partial charge in [0.1, 0.15) is 17.6 Å². The maximum Gasteiger partial charge on any atom is 0.573 e. The molecule has 0 atom stereocenters. The predicted molar refractivity (Wildman–Crippen MR) is 94.2 cm³/mol.